The summed E-state index contributed by atoms with van der Waals surface area (Å²) in [5.74, 6) is 0.282. The third-order valence-electron chi connectivity index (χ3n) is 3.64. The first-order valence-electron chi connectivity index (χ1n) is 6.61. The van der Waals surface area contributed by atoms with Crippen molar-refractivity contribution in [3.63, 3.8) is 0 Å². The molecule has 3 heteroatoms. The highest BCUT2D eigenvalue weighted by atomic mass is 35.5. The molecule has 1 fully saturated rings. The molecule has 0 N–H and O–H groups in total. The lowest BCUT2D eigenvalue weighted by molar-refractivity contribution is -0.119. The van der Waals surface area contributed by atoms with Gasteiger partial charge in [0.05, 0.1) is 0 Å². The second-order valence-electron chi connectivity index (χ2n) is 5.16. The Morgan fingerprint density at radius 1 is 1.28 bits per heavy atom. The zero-order chi connectivity index (χ0) is 13.0. The molecule has 0 heterocycles. The Labute approximate surface area is 112 Å². The van der Waals surface area contributed by atoms with E-state index >= 15 is 0 Å². The Morgan fingerprint density at radius 3 is 2.67 bits per heavy atom. The highest BCUT2D eigenvalue weighted by molar-refractivity contribution is 6.30. The molecular formula is C15H18ClFO. The molecule has 0 saturated heterocycles. The third-order valence-corrected chi connectivity index (χ3v) is 3.88. The molecule has 1 aliphatic rings. The van der Waals surface area contributed by atoms with Crippen molar-refractivity contribution in [1.82, 2.24) is 0 Å². The van der Waals surface area contributed by atoms with Crippen LogP contribution in [0, 0.1) is 11.7 Å². The van der Waals surface area contributed by atoms with Crippen molar-refractivity contribution in [3.05, 3.63) is 34.6 Å². The van der Waals surface area contributed by atoms with Gasteiger partial charge in [0.2, 0.25) is 0 Å². The van der Waals surface area contributed by atoms with Gasteiger partial charge in [-0.2, -0.15) is 0 Å². The predicted octanol–water partition coefficient (Wildman–Crippen LogP) is 4.56. The molecule has 0 radical (unpaired) electrons. The normalized spacial score (nSPS) is 16.8. The summed E-state index contributed by atoms with van der Waals surface area (Å²) in [5, 5.41) is 0.371. The Hall–Kier alpha value is -0.890. The molecule has 0 aromatic heterocycles. The molecule has 98 valence electrons. The summed E-state index contributed by atoms with van der Waals surface area (Å²) in [5.41, 5.74) is 0.459. The van der Waals surface area contributed by atoms with Crippen LogP contribution in [-0.2, 0) is 11.2 Å². The molecule has 0 bridgehead atoms. The van der Waals surface area contributed by atoms with Gasteiger partial charge in [0.15, 0.2) is 0 Å². The highest BCUT2D eigenvalue weighted by Gasteiger charge is 2.18. The van der Waals surface area contributed by atoms with Crippen LogP contribution in [0.25, 0.3) is 0 Å². The Kier molecular flexibility index (Phi) is 4.76. The Balaban J connectivity index is 1.90. The lowest BCUT2D eigenvalue weighted by Gasteiger charge is -2.20. The van der Waals surface area contributed by atoms with E-state index in [0.29, 0.717) is 22.9 Å². The zero-order valence-corrected chi connectivity index (χ0v) is 11.2. The summed E-state index contributed by atoms with van der Waals surface area (Å²) in [6, 6.07) is 4.51. The number of benzene rings is 1. The SMILES string of the molecule is O=C(Cc1ccc(Cl)cc1F)CC1CCCCC1. The molecule has 1 aromatic carbocycles. The molecule has 1 aromatic rings. The topological polar surface area (TPSA) is 17.1 Å². The molecule has 1 saturated carbocycles. The summed E-state index contributed by atoms with van der Waals surface area (Å²) < 4.78 is 13.6. The van der Waals surface area contributed by atoms with Crippen LogP contribution in [0.5, 0.6) is 0 Å². The van der Waals surface area contributed by atoms with E-state index in [9.17, 15) is 9.18 Å². The number of Topliss-reactive ketones (excluding diaryl/α,β-unsaturated/α-hetero) is 1. The van der Waals surface area contributed by atoms with E-state index < -0.39 is 0 Å². The van der Waals surface area contributed by atoms with E-state index in [2.05, 4.69) is 0 Å². The van der Waals surface area contributed by atoms with Crippen LogP contribution in [-0.4, -0.2) is 5.78 Å². The molecule has 2 rings (SSSR count). The van der Waals surface area contributed by atoms with Gasteiger partial charge >= 0.3 is 0 Å². The van der Waals surface area contributed by atoms with Gasteiger partial charge in [-0.15, -0.1) is 0 Å². The fourth-order valence-corrected chi connectivity index (χ4v) is 2.82. The van der Waals surface area contributed by atoms with Gasteiger partial charge in [-0.3, -0.25) is 4.79 Å². The van der Waals surface area contributed by atoms with Crippen molar-refractivity contribution in [3.8, 4) is 0 Å². The van der Waals surface area contributed by atoms with Crippen molar-refractivity contribution < 1.29 is 9.18 Å². The highest BCUT2D eigenvalue weighted by Crippen LogP contribution is 2.27. The van der Waals surface area contributed by atoms with E-state index in [1.807, 2.05) is 0 Å². The number of rotatable bonds is 4. The van der Waals surface area contributed by atoms with Crippen LogP contribution in [0.3, 0.4) is 0 Å². The number of hydrogen-bond acceptors (Lipinski definition) is 1. The van der Waals surface area contributed by atoms with E-state index in [0.717, 1.165) is 12.8 Å². The fourth-order valence-electron chi connectivity index (χ4n) is 2.66. The minimum absolute atomic E-state index is 0.142. The molecule has 18 heavy (non-hydrogen) atoms. The van der Waals surface area contributed by atoms with Crippen molar-refractivity contribution in [2.24, 2.45) is 5.92 Å². The lowest BCUT2D eigenvalue weighted by atomic mass is 9.85. The van der Waals surface area contributed by atoms with E-state index in [-0.39, 0.29) is 18.0 Å². The Bertz CT molecular complexity index is 425. The second kappa shape index (κ2) is 6.33. The molecule has 0 spiro atoms. The quantitative estimate of drug-likeness (QED) is 0.782. The molecule has 0 atom stereocenters. The number of ketones is 1. The maximum Gasteiger partial charge on any atom is 0.137 e. The van der Waals surface area contributed by atoms with Crippen molar-refractivity contribution in [1.29, 1.82) is 0 Å². The standard InChI is InChI=1S/C15H18ClFO/c16-13-7-6-12(15(17)10-13)9-14(18)8-11-4-2-1-3-5-11/h6-7,10-11H,1-5,8-9H2. The summed E-state index contributed by atoms with van der Waals surface area (Å²) >= 11 is 5.68. The summed E-state index contributed by atoms with van der Waals surface area (Å²) in [4.78, 5) is 11.9. The molecule has 1 nitrogen and oxygen atoms in total. The number of carbonyl (C=O) groups excluding carboxylic acids is 1. The predicted molar refractivity (Wildman–Crippen MR) is 71.3 cm³/mol. The van der Waals surface area contributed by atoms with Crippen LogP contribution >= 0.6 is 11.6 Å². The number of carbonyl (C=O) groups is 1. The maximum atomic E-state index is 13.6. The molecular weight excluding hydrogens is 251 g/mol. The first kappa shape index (κ1) is 13.5. The van der Waals surface area contributed by atoms with Gasteiger partial charge in [0, 0.05) is 17.9 Å². The molecule has 0 unspecified atom stereocenters. The lowest BCUT2D eigenvalue weighted by Crippen LogP contribution is -2.14. The average molecular weight is 269 g/mol. The average Bonchev–Trinajstić information content (AvgIpc) is 2.34. The van der Waals surface area contributed by atoms with Gasteiger partial charge in [0.1, 0.15) is 11.6 Å². The van der Waals surface area contributed by atoms with Gasteiger partial charge in [0.25, 0.3) is 0 Å². The summed E-state index contributed by atoms with van der Waals surface area (Å²) in [7, 11) is 0. The monoisotopic (exact) mass is 268 g/mol. The van der Waals surface area contributed by atoms with Gasteiger partial charge < -0.3 is 0 Å². The van der Waals surface area contributed by atoms with E-state index in [1.165, 1.54) is 25.3 Å². The maximum absolute atomic E-state index is 13.6. The summed E-state index contributed by atoms with van der Waals surface area (Å²) in [6.45, 7) is 0. The van der Waals surface area contributed by atoms with Crippen molar-refractivity contribution in [2.45, 2.75) is 44.9 Å². The van der Waals surface area contributed by atoms with Crippen LogP contribution in [0.4, 0.5) is 4.39 Å². The Morgan fingerprint density at radius 2 is 2.00 bits per heavy atom. The first-order valence-corrected chi connectivity index (χ1v) is 6.98. The molecule has 1 aliphatic carbocycles. The van der Waals surface area contributed by atoms with Crippen LogP contribution in [0.15, 0.2) is 18.2 Å². The minimum atomic E-state index is -0.375. The van der Waals surface area contributed by atoms with E-state index in [1.54, 1.807) is 12.1 Å². The van der Waals surface area contributed by atoms with Gasteiger partial charge in [-0.1, -0.05) is 49.8 Å². The zero-order valence-electron chi connectivity index (χ0n) is 10.4. The van der Waals surface area contributed by atoms with Crippen LogP contribution in [0.2, 0.25) is 5.02 Å². The minimum Gasteiger partial charge on any atom is -0.299 e. The fraction of sp³-hybridized carbons (Fsp3) is 0.533. The smallest absolute Gasteiger partial charge is 0.137 e. The number of halogens is 2. The van der Waals surface area contributed by atoms with Gasteiger partial charge in [-0.25, -0.2) is 4.39 Å². The van der Waals surface area contributed by atoms with Crippen LogP contribution < -0.4 is 0 Å². The van der Waals surface area contributed by atoms with Crippen LogP contribution in [0.1, 0.15) is 44.1 Å². The molecule has 0 amide bonds. The third kappa shape index (κ3) is 3.81. The molecule has 0 aliphatic heterocycles. The number of hydrogen-bond donors (Lipinski definition) is 0. The second-order valence-corrected chi connectivity index (χ2v) is 5.60. The van der Waals surface area contributed by atoms with E-state index in [4.69, 9.17) is 11.6 Å². The van der Waals surface area contributed by atoms with Crippen molar-refractivity contribution >= 4 is 17.4 Å². The van der Waals surface area contributed by atoms with Crippen molar-refractivity contribution in [2.75, 3.05) is 0 Å². The summed E-state index contributed by atoms with van der Waals surface area (Å²) in [6.07, 6.45) is 6.84. The largest absolute Gasteiger partial charge is 0.299 e. The van der Waals surface area contributed by atoms with Gasteiger partial charge in [-0.05, 0) is 23.6 Å². The first-order chi connectivity index (χ1) is 8.65.